The number of nitrogens with one attached hydrogen (secondary N) is 1. The predicted molar refractivity (Wildman–Crippen MR) is 117 cm³/mol. The molecule has 31 heavy (non-hydrogen) atoms. The van der Waals surface area contributed by atoms with Crippen molar-refractivity contribution in [3.63, 3.8) is 0 Å². The van der Waals surface area contributed by atoms with E-state index in [9.17, 15) is 14.9 Å². The van der Waals surface area contributed by atoms with Crippen LogP contribution in [-0.2, 0) is 9.59 Å². The van der Waals surface area contributed by atoms with Crippen molar-refractivity contribution in [3.8, 4) is 17.6 Å². The minimum Gasteiger partial charge on any atom is -0.490 e. The van der Waals surface area contributed by atoms with E-state index in [4.69, 9.17) is 14.6 Å². The van der Waals surface area contributed by atoms with E-state index in [1.54, 1.807) is 25.1 Å². The van der Waals surface area contributed by atoms with Crippen LogP contribution in [0.25, 0.3) is 16.8 Å². The zero-order valence-corrected chi connectivity index (χ0v) is 16.8. The zero-order chi connectivity index (χ0) is 22.2. The predicted octanol–water partition coefficient (Wildman–Crippen LogP) is 4.25. The molecule has 0 radical (unpaired) electrons. The van der Waals surface area contributed by atoms with Crippen molar-refractivity contribution in [2.45, 2.75) is 6.92 Å². The second-order valence-electron chi connectivity index (χ2n) is 6.51. The lowest BCUT2D eigenvalue weighted by Crippen LogP contribution is -2.13. The largest absolute Gasteiger partial charge is 0.490 e. The Morgan fingerprint density at radius 1 is 1.03 bits per heavy atom. The fourth-order valence-electron chi connectivity index (χ4n) is 2.92. The average molecular weight is 416 g/mol. The van der Waals surface area contributed by atoms with Crippen LogP contribution in [0.4, 0.5) is 5.69 Å². The number of carbonyl (C=O) groups is 2. The fourth-order valence-corrected chi connectivity index (χ4v) is 2.92. The van der Waals surface area contributed by atoms with Crippen LogP contribution < -0.4 is 14.8 Å². The van der Waals surface area contributed by atoms with Gasteiger partial charge in [0.25, 0.3) is 5.91 Å². The number of carboxylic acid groups (broad SMARTS) is 1. The highest BCUT2D eigenvalue weighted by Gasteiger charge is 2.12. The van der Waals surface area contributed by atoms with Gasteiger partial charge in [-0.3, -0.25) is 4.79 Å². The first-order valence-corrected chi connectivity index (χ1v) is 9.53. The molecule has 156 valence electrons. The van der Waals surface area contributed by atoms with Crippen LogP contribution in [-0.4, -0.2) is 30.2 Å². The van der Waals surface area contributed by atoms with Gasteiger partial charge in [0.05, 0.1) is 6.61 Å². The summed E-state index contributed by atoms with van der Waals surface area (Å²) in [5.74, 6) is -1.06. The van der Waals surface area contributed by atoms with Gasteiger partial charge in [0, 0.05) is 5.69 Å². The van der Waals surface area contributed by atoms with Crippen LogP contribution in [0.2, 0.25) is 0 Å². The lowest BCUT2D eigenvalue weighted by atomic mass is 10.1. The Labute approximate surface area is 179 Å². The van der Waals surface area contributed by atoms with Gasteiger partial charge in [-0.05, 0) is 53.6 Å². The van der Waals surface area contributed by atoms with Crippen LogP contribution in [0.5, 0.6) is 11.5 Å². The second kappa shape index (κ2) is 9.94. The third-order valence-corrected chi connectivity index (χ3v) is 4.30. The maximum Gasteiger partial charge on any atom is 0.341 e. The van der Waals surface area contributed by atoms with Gasteiger partial charge in [-0.1, -0.05) is 36.4 Å². The van der Waals surface area contributed by atoms with E-state index in [1.807, 2.05) is 42.5 Å². The molecular weight excluding hydrogens is 396 g/mol. The summed E-state index contributed by atoms with van der Waals surface area (Å²) < 4.78 is 10.7. The van der Waals surface area contributed by atoms with E-state index in [-0.39, 0.29) is 11.3 Å². The van der Waals surface area contributed by atoms with E-state index in [1.165, 1.54) is 12.1 Å². The Morgan fingerprint density at radius 3 is 2.52 bits per heavy atom. The zero-order valence-electron chi connectivity index (χ0n) is 16.8. The van der Waals surface area contributed by atoms with Gasteiger partial charge < -0.3 is 19.9 Å². The van der Waals surface area contributed by atoms with Gasteiger partial charge in [-0.2, -0.15) is 5.26 Å². The van der Waals surface area contributed by atoms with Crippen molar-refractivity contribution >= 4 is 34.4 Å². The molecule has 0 aliphatic rings. The lowest BCUT2D eigenvalue weighted by Gasteiger charge is -2.11. The van der Waals surface area contributed by atoms with Crippen molar-refractivity contribution in [2.75, 3.05) is 18.5 Å². The van der Waals surface area contributed by atoms with Gasteiger partial charge >= 0.3 is 5.97 Å². The number of hydrogen-bond donors (Lipinski definition) is 2. The summed E-state index contributed by atoms with van der Waals surface area (Å²) in [7, 11) is 0. The second-order valence-corrected chi connectivity index (χ2v) is 6.51. The third-order valence-electron chi connectivity index (χ3n) is 4.30. The Kier molecular flexibility index (Phi) is 6.86. The normalized spacial score (nSPS) is 10.9. The number of amides is 1. The average Bonchev–Trinajstić information content (AvgIpc) is 2.76. The number of aliphatic carboxylic acids is 1. The van der Waals surface area contributed by atoms with Crippen LogP contribution in [0.3, 0.4) is 0 Å². The molecule has 0 aliphatic heterocycles. The van der Waals surface area contributed by atoms with E-state index in [0.29, 0.717) is 23.6 Å². The highest BCUT2D eigenvalue weighted by atomic mass is 16.5. The molecule has 2 N–H and O–H groups in total. The quantitative estimate of drug-likeness (QED) is 0.420. The topological polar surface area (TPSA) is 109 Å². The number of ether oxygens (including phenoxy) is 2. The Morgan fingerprint density at radius 2 is 1.81 bits per heavy atom. The van der Waals surface area contributed by atoms with Gasteiger partial charge in [-0.15, -0.1) is 0 Å². The van der Waals surface area contributed by atoms with Crippen molar-refractivity contribution in [1.29, 1.82) is 5.26 Å². The van der Waals surface area contributed by atoms with Crippen LogP contribution in [0.1, 0.15) is 12.5 Å². The molecule has 0 atom stereocenters. The van der Waals surface area contributed by atoms with E-state index < -0.39 is 18.5 Å². The molecule has 0 aromatic heterocycles. The first-order valence-electron chi connectivity index (χ1n) is 9.53. The number of carbonyl (C=O) groups excluding carboxylic acids is 1. The minimum absolute atomic E-state index is 0.0881. The summed E-state index contributed by atoms with van der Waals surface area (Å²) in [6, 6.07) is 19.9. The van der Waals surface area contributed by atoms with Crippen LogP contribution >= 0.6 is 0 Å². The van der Waals surface area contributed by atoms with Gasteiger partial charge in [0.15, 0.2) is 18.1 Å². The molecule has 3 aromatic rings. The maximum absolute atomic E-state index is 12.6. The van der Waals surface area contributed by atoms with E-state index in [2.05, 4.69) is 5.32 Å². The Hall–Kier alpha value is -4.31. The number of carboxylic acids is 1. The van der Waals surface area contributed by atoms with E-state index in [0.717, 1.165) is 10.8 Å². The lowest BCUT2D eigenvalue weighted by molar-refractivity contribution is -0.139. The van der Waals surface area contributed by atoms with Crippen molar-refractivity contribution < 1.29 is 24.2 Å². The van der Waals surface area contributed by atoms with Gasteiger partial charge in [-0.25, -0.2) is 4.79 Å². The van der Waals surface area contributed by atoms with Crippen LogP contribution in [0, 0.1) is 11.3 Å². The molecule has 3 aromatic carbocycles. The summed E-state index contributed by atoms with van der Waals surface area (Å²) in [6.45, 7) is 1.61. The number of fused-ring (bicyclic) bond motifs is 1. The molecule has 3 rings (SSSR count). The van der Waals surface area contributed by atoms with Crippen molar-refractivity contribution in [3.05, 3.63) is 71.8 Å². The smallest absolute Gasteiger partial charge is 0.341 e. The summed E-state index contributed by atoms with van der Waals surface area (Å²) in [6.07, 6.45) is 1.43. The maximum atomic E-state index is 12.6. The molecule has 0 heterocycles. The van der Waals surface area contributed by atoms with E-state index >= 15 is 0 Å². The fraction of sp³-hybridized carbons (Fsp3) is 0.125. The first kappa shape index (κ1) is 21.4. The number of rotatable bonds is 8. The molecule has 0 unspecified atom stereocenters. The monoisotopic (exact) mass is 416 g/mol. The summed E-state index contributed by atoms with van der Waals surface area (Å²) in [5.41, 5.74) is 1.03. The summed E-state index contributed by atoms with van der Waals surface area (Å²) in [5, 5.41) is 23.0. The minimum atomic E-state index is -1.11. The number of anilines is 1. The number of nitrogens with zero attached hydrogens (tertiary/aromatic N) is 1. The molecule has 0 saturated heterocycles. The Balaban J connectivity index is 1.82. The van der Waals surface area contributed by atoms with Crippen molar-refractivity contribution in [1.82, 2.24) is 0 Å². The molecule has 7 heteroatoms. The molecule has 7 nitrogen and oxygen atoms in total. The molecular formula is C24H20N2O5. The molecule has 0 fully saturated rings. The van der Waals surface area contributed by atoms with Crippen LogP contribution in [0.15, 0.2) is 66.2 Å². The number of hydrogen-bond acceptors (Lipinski definition) is 5. The molecule has 1 amide bonds. The third kappa shape index (κ3) is 5.61. The standard InChI is InChI=1S/C24H20N2O5/c1-2-30-22-12-16(7-10-21(22)31-15-23(27)28)11-19(14-25)24(29)26-20-9-8-17-5-3-4-6-18(17)13-20/h3-13H,2,15H2,1H3,(H,26,29)(H,27,28)/b19-11+. The van der Waals surface area contributed by atoms with Gasteiger partial charge in [0.2, 0.25) is 0 Å². The number of nitriles is 1. The molecule has 0 bridgehead atoms. The van der Waals surface area contributed by atoms with Gasteiger partial charge in [0.1, 0.15) is 11.6 Å². The number of benzene rings is 3. The molecule has 0 saturated carbocycles. The SMILES string of the molecule is CCOc1cc(/C=C(\C#N)C(=O)Nc2ccc3ccccc3c2)ccc1OCC(=O)O. The summed E-state index contributed by atoms with van der Waals surface area (Å²) >= 11 is 0. The Bertz CT molecular complexity index is 1190. The molecule has 0 aliphatic carbocycles. The van der Waals surface area contributed by atoms with Crippen molar-refractivity contribution in [2.24, 2.45) is 0 Å². The molecule has 0 spiro atoms. The highest BCUT2D eigenvalue weighted by molar-refractivity contribution is 6.10. The summed E-state index contributed by atoms with van der Waals surface area (Å²) in [4.78, 5) is 23.4. The first-order chi connectivity index (χ1) is 15.0. The highest BCUT2D eigenvalue weighted by Crippen LogP contribution is 2.29.